The lowest BCUT2D eigenvalue weighted by Gasteiger charge is -2.11. The Balaban J connectivity index is 2.58. The molecule has 5 heteroatoms. The molecule has 0 aliphatic heterocycles. The highest BCUT2D eigenvalue weighted by Crippen LogP contribution is 2.29. The average Bonchev–Trinajstić information content (AvgIpc) is 2.43. The number of ketones is 1. The summed E-state index contributed by atoms with van der Waals surface area (Å²) in [7, 11) is 1.41. The van der Waals surface area contributed by atoms with E-state index < -0.39 is 5.82 Å². The number of hydrogen-bond donors (Lipinski definition) is 0. The molecule has 2 nitrogen and oxygen atoms in total. The number of carbonyl (C=O) groups is 1. The molecular formula is C15H11Br2FO2. The van der Waals surface area contributed by atoms with Crippen LogP contribution < -0.4 is 4.74 Å². The van der Waals surface area contributed by atoms with Crippen LogP contribution in [0, 0.1) is 12.7 Å². The highest BCUT2D eigenvalue weighted by atomic mass is 79.9. The molecule has 0 aliphatic rings. The Hall–Kier alpha value is -1.20. The molecule has 0 amide bonds. The van der Waals surface area contributed by atoms with Gasteiger partial charge in [0.1, 0.15) is 11.6 Å². The molecule has 0 atom stereocenters. The number of hydrogen-bond acceptors (Lipinski definition) is 2. The molecule has 0 aliphatic carbocycles. The average molecular weight is 402 g/mol. The minimum Gasteiger partial charge on any atom is -0.496 e. The number of carbonyl (C=O) groups excluding carboxylic acids is 1. The van der Waals surface area contributed by atoms with E-state index in [1.54, 1.807) is 6.07 Å². The van der Waals surface area contributed by atoms with Crippen molar-refractivity contribution in [3.05, 3.63) is 61.8 Å². The monoisotopic (exact) mass is 400 g/mol. The third-order valence-corrected chi connectivity index (χ3v) is 4.03. The topological polar surface area (TPSA) is 26.3 Å². The number of aryl methyl sites for hydroxylation is 1. The fourth-order valence-electron chi connectivity index (χ4n) is 1.86. The van der Waals surface area contributed by atoms with Crippen LogP contribution in [-0.2, 0) is 0 Å². The molecule has 0 bridgehead atoms. The lowest BCUT2D eigenvalue weighted by molar-refractivity contribution is 0.103. The van der Waals surface area contributed by atoms with Gasteiger partial charge in [-0.1, -0.05) is 22.0 Å². The summed E-state index contributed by atoms with van der Waals surface area (Å²) in [6.45, 7) is 1.85. The van der Waals surface area contributed by atoms with Gasteiger partial charge in [0, 0.05) is 16.1 Å². The van der Waals surface area contributed by atoms with Crippen LogP contribution in [0.4, 0.5) is 4.39 Å². The van der Waals surface area contributed by atoms with Crippen molar-refractivity contribution in [2.24, 2.45) is 0 Å². The van der Waals surface area contributed by atoms with E-state index in [0.29, 0.717) is 11.1 Å². The van der Waals surface area contributed by atoms with Crippen molar-refractivity contribution in [3.8, 4) is 5.75 Å². The Morgan fingerprint density at radius 1 is 1.15 bits per heavy atom. The van der Waals surface area contributed by atoms with Crippen LogP contribution in [0.2, 0.25) is 0 Å². The molecule has 0 saturated carbocycles. The summed E-state index contributed by atoms with van der Waals surface area (Å²) >= 11 is 6.44. The molecule has 2 aromatic rings. The molecule has 20 heavy (non-hydrogen) atoms. The normalized spacial score (nSPS) is 10.4. The summed E-state index contributed by atoms with van der Waals surface area (Å²) in [5.41, 5.74) is 1.72. The predicted molar refractivity (Wildman–Crippen MR) is 83.0 cm³/mol. The van der Waals surface area contributed by atoms with Gasteiger partial charge in [0.05, 0.1) is 17.1 Å². The van der Waals surface area contributed by atoms with Crippen molar-refractivity contribution >= 4 is 37.6 Å². The Bertz CT molecular complexity index is 684. The van der Waals surface area contributed by atoms with Gasteiger partial charge < -0.3 is 4.74 Å². The summed E-state index contributed by atoms with van der Waals surface area (Å²) in [5, 5.41) is 0. The maximum atomic E-state index is 13.5. The summed E-state index contributed by atoms with van der Waals surface area (Å²) < 4.78 is 19.7. The highest BCUT2D eigenvalue weighted by Gasteiger charge is 2.19. The number of benzene rings is 2. The molecule has 2 aromatic carbocycles. The zero-order valence-corrected chi connectivity index (χ0v) is 14.0. The first-order valence-electron chi connectivity index (χ1n) is 5.78. The number of halogens is 3. The van der Waals surface area contributed by atoms with Gasteiger partial charge >= 0.3 is 0 Å². The van der Waals surface area contributed by atoms with Gasteiger partial charge in [-0.15, -0.1) is 0 Å². The SMILES string of the molecule is COc1cc(F)c(Br)cc1C(=O)c1cc(Br)ccc1C. The van der Waals surface area contributed by atoms with E-state index in [-0.39, 0.29) is 16.0 Å². The van der Waals surface area contributed by atoms with Gasteiger partial charge in [0.2, 0.25) is 0 Å². The fraction of sp³-hybridized carbons (Fsp3) is 0.133. The molecule has 2 rings (SSSR count). The maximum Gasteiger partial charge on any atom is 0.197 e. The first-order valence-corrected chi connectivity index (χ1v) is 7.36. The lowest BCUT2D eigenvalue weighted by atomic mass is 9.98. The second-order valence-corrected chi connectivity index (χ2v) is 6.02. The van der Waals surface area contributed by atoms with Gasteiger partial charge in [0.25, 0.3) is 0 Å². The summed E-state index contributed by atoms with van der Waals surface area (Å²) in [6.07, 6.45) is 0. The van der Waals surface area contributed by atoms with Crippen LogP contribution in [0.25, 0.3) is 0 Å². The van der Waals surface area contributed by atoms with Gasteiger partial charge in [-0.3, -0.25) is 4.79 Å². The first kappa shape index (κ1) is 15.2. The minimum absolute atomic E-state index is 0.207. The lowest BCUT2D eigenvalue weighted by Crippen LogP contribution is -2.06. The Morgan fingerprint density at radius 3 is 2.50 bits per heavy atom. The van der Waals surface area contributed by atoms with Crippen molar-refractivity contribution in [1.82, 2.24) is 0 Å². The zero-order chi connectivity index (χ0) is 14.9. The highest BCUT2D eigenvalue weighted by molar-refractivity contribution is 9.10. The Labute approximate surface area is 133 Å². The van der Waals surface area contributed by atoms with Gasteiger partial charge in [-0.2, -0.15) is 0 Å². The van der Waals surface area contributed by atoms with Gasteiger partial charge in [0.15, 0.2) is 5.78 Å². The third kappa shape index (κ3) is 2.94. The van der Waals surface area contributed by atoms with E-state index in [2.05, 4.69) is 31.9 Å². The standard InChI is InChI=1S/C15H11Br2FO2/c1-8-3-4-9(16)5-10(8)15(19)11-6-12(17)13(18)7-14(11)20-2/h3-7H,1-2H3. The first-order chi connectivity index (χ1) is 9.43. The van der Waals surface area contributed by atoms with E-state index in [4.69, 9.17) is 4.74 Å². The third-order valence-electron chi connectivity index (χ3n) is 2.93. The van der Waals surface area contributed by atoms with Crippen molar-refractivity contribution in [2.75, 3.05) is 7.11 Å². The quantitative estimate of drug-likeness (QED) is 0.683. The molecule has 0 radical (unpaired) electrons. The van der Waals surface area contributed by atoms with Crippen LogP contribution >= 0.6 is 31.9 Å². The smallest absolute Gasteiger partial charge is 0.197 e. The van der Waals surface area contributed by atoms with Crippen LogP contribution in [0.1, 0.15) is 21.5 Å². The summed E-state index contributed by atoms with van der Waals surface area (Å²) in [6, 6.07) is 8.10. The van der Waals surface area contributed by atoms with Crippen molar-refractivity contribution in [1.29, 1.82) is 0 Å². The molecule has 0 spiro atoms. The van der Waals surface area contributed by atoms with Gasteiger partial charge in [-0.05, 0) is 46.6 Å². The van der Waals surface area contributed by atoms with E-state index in [9.17, 15) is 9.18 Å². The molecule has 0 aromatic heterocycles. The predicted octanol–water partition coefficient (Wildman–Crippen LogP) is 4.90. The van der Waals surface area contributed by atoms with E-state index >= 15 is 0 Å². The van der Waals surface area contributed by atoms with Crippen molar-refractivity contribution in [2.45, 2.75) is 6.92 Å². The minimum atomic E-state index is -0.468. The van der Waals surface area contributed by atoms with Gasteiger partial charge in [-0.25, -0.2) is 4.39 Å². The Kier molecular flexibility index (Phi) is 4.60. The summed E-state index contributed by atoms with van der Waals surface area (Å²) in [4.78, 5) is 12.6. The van der Waals surface area contributed by atoms with Crippen LogP contribution in [-0.4, -0.2) is 12.9 Å². The van der Waals surface area contributed by atoms with E-state index in [1.807, 2.05) is 19.1 Å². The van der Waals surface area contributed by atoms with Crippen LogP contribution in [0.15, 0.2) is 39.3 Å². The largest absolute Gasteiger partial charge is 0.496 e. The van der Waals surface area contributed by atoms with Crippen LogP contribution in [0.5, 0.6) is 5.75 Å². The molecule has 0 heterocycles. The van der Waals surface area contributed by atoms with E-state index in [1.165, 1.54) is 19.2 Å². The molecule has 0 fully saturated rings. The van der Waals surface area contributed by atoms with Crippen molar-refractivity contribution < 1.29 is 13.9 Å². The summed E-state index contributed by atoms with van der Waals surface area (Å²) in [5.74, 6) is -0.458. The zero-order valence-electron chi connectivity index (χ0n) is 10.8. The fourth-order valence-corrected chi connectivity index (χ4v) is 2.56. The Morgan fingerprint density at radius 2 is 1.85 bits per heavy atom. The number of methoxy groups -OCH3 is 1. The maximum absolute atomic E-state index is 13.5. The molecule has 0 unspecified atom stereocenters. The van der Waals surface area contributed by atoms with Crippen molar-refractivity contribution in [3.63, 3.8) is 0 Å². The number of rotatable bonds is 3. The molecule has 0 saturated heterocycles. The van der Waals surface area contributed by atoms with E-state index in [0.717, 1.165) is 10.0 Å². The molecular weight excluding hydrogens is 391 g/mol. The molecule has 104 valence electrons. The molecule has 0 N–H and O–H groups in total. The van der Waals surface area contributed by atoms with Crippen LogP contribution in [0.3, 0.4) is 0 Å². The number of ether oxygens (including phenoxy) is 1. The second kappa shape index (κ2) is 6.06. The second-order valence-electron chi connectivity index (χ2n) is 4.25.